The molecule has 1 heterocycles. The zero-order chi connectivity index (χ0) is 24.6. The van der Waals surface area contributed by atoms with E-state index in [-0.39, 0.29) is 36.9 Å². The minimum Gasteiger partial charge on any atom is -0.481 e. The van der Waals surface area contributed by atoms with Crippen LogP contribution in [-0.4, -0.2) is 53.7 Å². The number of hydrogen-bond acceptors (Lipinski definition) is 4. The molecule has 0 aromatic heterocycles. The van der Waals surface area contributed by atoms with Gasteiger partial charge in [0.15, 0.2) is 0 Å². The molecular weight excluding hydrogens is 444 g/mol. The van der Waals surface area contributed by atoms with Crippen molar-refractivity contribution >= 4 is 18.0 Å². The fraction of sp³-hybridized carbons (Fsp3) is 0.464. The zero-order valence-electron chi connectivity index (χ0n) is 20.0. The Morgan fingerprint density at radius 1 is 1.06 bits per heavy atom. The minimum atomic E-state index is -0.871. The number of nitrogens with zero attached hydrogens (tertiary/aromatic N) is 1. The topological polar surface area (TPSA) is 95.9 Å². The lowest BCUT2D eigenvalue weighted by Gasteiger charge is -2.25. The predicted octanol–water partition coefficient (Wildman–Crippen LogP) is 4.41. The largest absolute Gasteiger partial charge is 0.481 e. The Hall–Kier alpha value is -3.35. The summed E-state index contributed by atoms with van der Waals surface area (Å²) in [5, 5.41) is 12.4. The van der Waals surface area contributed by atoms with E-state index < -0.39 is 17.5 Å². The molecule has 0 spiro atoms. The van der Waals surface area contributed by atoms with Gasteiger partial charge in [0.05, 0.1) is 5.41 Å². The highest BCUT2D eigenvalue weighted by molar-refractivity contribution is 5.81. The van der Waals surface area contributed by atoms with E-state index >= 15 is 0 Å². The first-order valence-corrected chi connectivity index (χ1v) is 12.5. The SMILES string of the molecule is CC1(C(=O)O)CCN(C(=O)C[C@@H]2CCC[C@H]2NC(=O)OCC2c3ccccc3-c3ccccc32)C1. The number of amides is 2. The molecule has 184 valence electrons. The lowest BCUT2D eigenvalue weighted by Crippen LogP contribution is -2.41. The summed E-state index contributed by atoms with van der Waals surface area (Å²) in [4.78, 5) is 38.8. The van der Waals surface area contributed by atoms with Crippen molar-refractivity contribution in [3.63, 3.8) is 0 Å². The predicted molar refractivity (Wildman–Crippen MR) is 131 cm³/mol. The van der Waals surface area contributed by atoms with Gasteiger partial charge < -0.3 is 20.1 Å². The van der Waals surface area contributed by atoms with Gasteiger partial charge in [0.1, 0.15) is 6.61 Å². The normalized spacial score (nSPS) is 25.2. The molecule has 35 heavy (non-hydrogen) atoms. The van der Waals surface area contributed by atoms with Crippen LogP contribution < -0.4 is 5.32 Å². The molecule has 3 aliphatic rings. The number of likely N-dealkylation sites (tertiary alicyclic amines) is 1. The van der Waals surface area contributed by atoms with Crippen LogP contribution in [0.15, 0.2) is 48.5 Å². The van der Waals surface area contributed by atoms with Crippen molar-refractivity contribution in [1.29, 1.82) is 0 Å². The number of ether oxygens (including phenoxy) is 1. The van der Waals surface area contributed by atoms with Crippen LogP contribution >= 0.6 is 0 Å². The Morgan fingerprint density at radius 3 is 2.34 bits per heavy atom. The fourth-order valence-electron chi connectivity index (χ4n) is 5.96. The number of hydrogen-bond donors (Lipinski definition) is 2. The lowest BCUT2D eigenvalue weighted by atomic mass is 9.90. The smallest absolute Gasteiger partial charge is 0.407 e. The Morgan fingerprint density at radius 2 is 1.71 bits per heavy atom. The Balaban J connectivity index is 1.16. The molecule has 2 aliphatic carbocycles. The number of carbonyl (C=O) groups excluding carboxylic acids is 2. The van der Waals surface area contributed by atoms with Crippen molar-refractivity contribution in [1.82, 2.24) is 10.2 Å². The van der Waals surface area contributed by atoms with Gasteiger partial charge in [-0.15, -0.1) is 0 Å². The lowest BCUT2D eigenvalue weighted by molar-refractivity contribution is -0.147. The molecule has 7 heteroatoms. The second-order valence-electron chi connectivity index (χ2n) is 10.4. The standard InChI is InChI=1S/C28H32N2O5/c1-28(26(32)33)13-14-30(17-28)25(31)15-18-7-6-12-24(18)29-27(34)35-16-23-21-10-4-2-8-19(21)20-9-3-5-11-22(20)23/h2-5,8-11,18,23-24H,6-7,12-17H2,1H3,(H,29,34)(H,32,33)/t18-,24+,28?/m0/s1. The summed E-state index contributed by atoms with van der Waals surface area (Å²) in [6.45, 7) is 2.68. The summed E-state index contributed by atoms with van der Waals surface area (Å²) >= 11 is 0. The molecule has 2 aromatic carbocycles. The van der Waals surface area contributed by atoms with Gasteiger partial charge in [-0.05, 0) is 54.4 Å². The van der Waals surface area contributed by atoms with Gasteiger partial charge in [-0.1, -0.05) is 55.0 Å². The van der Waals surface area contributed by atoms with Crippen molar-refractivity contribution in [2.24, 2.45) is 11.3 Å². The number of carboxylic acids is 1. The third-order valence-electron chi connectivity index (χ3n) is 8.09. The summed E-state index contributed by atoms with van der Waals surface area (Å²) in [5.74, 6) is -0.836. The number of carbonyl (C=O) groups is 3. The van der Waals surface area contributed by atoms with Gasteiger partial charge in [0, 0.05) is 31.5 Å². The van der Waals surface area contributed by atoms with Crippen molar-refractivity contribution in [2.45, 2.75) is 51.0 Å². The number of rotatable bonds is 6. The molecule has 3 atom stereocenters. The number of fused-ring (bicyclic) bond motifs is 3. The Labute approximate surface area is 205 Å². The fourth-order valence-corrected chi connectivity index (χ4v) is 5.96. The van der Waals surface area contributed by atoms with Gasteiger partial charge in [0.25, 0.3) is 0 Å². The van der Waals surface area contributed by atoms with Crippen molar-refractivity contribution in [3.8, 4) is 11.1 Å². The van der Waals surface area contributed by atoms with Crippen molar-refractivity contribution in [2.75, 3.05) is 19.7 Å². The molecule has 2 fully saturated rings. The van der Waals surface area contributed by atoms with Gasteiger partial charge >= 0.3 is 12.1 Å². The van der Waals surface area contributed by atoms with Crippen LogP contribution in [0.25, 0.3) is 11.1 Å². The third kappa shape index (κ3) is 4.51. The second kappa shape index (κ2) is 9.36. The van der Waals surface area contributed by atoms with Crippen molar-refractivity contribution in [3.05, 3.63) is 59.7 Å². The van der Waals surface area contributed by atoms with Crippen LogP contribution in [0, 0.1) is 11.3 Å². The Bertz CT molecular complexity index is 1100. The van der Waals surface area contributed by atoms with Crippen LogP contribution in [0.4, 0.5) is 4.79 Å². The maximum absolute atomic E-state index is 12.9. The highest BCUT2D eigenvalue weighted by Gasteiger charge is 2.43. The number of alkyl carbamates (subject to hydrolysis) is 1. The number of carboxylic acid groups (broad SMARTS) is 1. The zero-order valence-corrected chi connectivity index (χ0v) is 20.0. The van der Waals surface area contributed by atoms with E-state index in [2.05, 4.69) is 29.6 Å². The van der Waals surface area contributed by atoms with Crippen molar-refractivity contribution < 1.29 is 24.2 Å². The first kappa shape index (κ1) is 23.4. The van der Waals surface area contributed by atoms with Gasteiger partial charge in [-0.25, -0.2) is 4.79 Å². The molecule has 1 saturated heterocycles. The highest BCUT2D eigenvalue weighted by atomic mass is 16.5. The van der Waals surface area contributed by atoms with Crippen LogP contribution in [0.1, 0.15) is 56.1 Å². The summed E-state index contributed by atoms with van der Waals surface area (Å²) in [7, 11) is 0. The van der Waals surface area contributed by atoms with Gasteiger partial charge in [-0.2, -0.15) is 0 Å². The first-order valence-electron chi connectivity index (χ1n) is 12.5. The Kier molecular flexibility index (Phi) is 6.26. The average molecular weight is 477 g/mol. The molecule has 1 saturated carbocycles. The number of aliphatic carboxylic acids is 1. The average Bonchev–Trinajstić information content (AvgIpc) is 3.55. The summed E-state index contributed by atoms with van der Waals surface area (Å²) < 4.78 is 5.70. The monoisotopic (exact) mass is 476 g/mol. The molecule has 2 amide bonds. The van der Waals surface area contributed by atoms with E-state index in [9.17, 15) is 19.5 Å². The van der Waals surface area contributed by atoms with E-state index in [0.717, 1.165) is 19.3 Å². The molecule has 0 bridgehead atoms. The first-order chi connectivity index (χ1) is 16.9. The molecular formula is C28H32N2O5. The van der Waals surface area contributed by atoms with Crippen LogP contribution in [0.3, 0.4) is 0 Å². The summed E-state index contributed by atoms with van der Waals surface area (Å²) in [5.41, 5.74) is 3.85. The minimum absolute atomic E-state index is 0.00724. The maximum atomic E-state index is 12.9. The molecule has 1 aliphatic heterocycles. The maximum Gasteiger partial charge on any atom is 0.407 e. The highest BCUT2D eigenvalue weighted by Crippen LogP contribution is 2.44. The van der Waals surface area contributed by atoms with Crippen LogP contribution in [0.5, 0.6) is 0 Å². The van der Waals surface area contributed by atoms with E-state index in [4.69, 9.17) is 4.74 Å². The summed E-state index contributed by atoms with van der Waals surface area (Å²) in [6, 6.07) is 16.4. The molecule has 2 aromatic rings. The van der Waals surface area contributed by atoms with E-state index in [1.807, 2.05) is 24.3 Å². The molecule has 7 nitrogen and oxygen atoms in total. The van der Waals surface area contributed by atoms with E-state index in [1.54, 1.807) is 11.8 Å². The van der Waals surface area contributed by atoms with E-state index in [0.29, 0.717) is 19.4 Å². The molecule has 5 rings (SSSR count). The molecule has 2 N–H and O–H groups in total. The van der Waals surface area contributed by atoms with E-state index in [1.165, 1.54) is 22.3 Å². The van der Waals surface area contributed by atoms with Gasteiger partial charge in [-0.3, -0.25) is 9.59 Å². The summed E-state index contributed by atoms with van der Waals surface area (Å²) in [6.07, 6.45) is 2.97. The van der Waals surface area contributed by atoms with Crippen LogP contribution in [-0.2, 0) is 14.3 Å². The molecule has 0 radical (unpaired) electrons. The van der Waals surface area contributed by atoms with Crippen LogP contribution in [0.2, 0.25) is 0 Å². The molecule has 1 unspecified atom stereocenters. The number of nitrogens with one attached hydrogen (secondary N) is 1. The quantitative estimate of drug-likeness (QED) is 0.644. The third-order valence-corrected chi connectivity index (χ3v) is 8.09. The number of benzene rings is 2. The second-order valence-corrected chi connectivity index (χ2v) is 10.4. The van der Waals surface area contributed by atoms with Gasteiger partial charge in [0.2, 0.25) is 5.91 Å².